The smallest absolute Gasteiger partial charge is 0.303 e. The van der Waals surface area contributed by atoms with Gasteiger partial charge in [-0.15, -0.1) is 0 Å². The van der Waals surface area contributed by atoms with Crippen molar-refractivity contribution in [1.29, 1.82) is 0 Å². The van der Waals surface area contributed by atoms with Gasteiger partial charge in [-0.1, -0.05) is 6.92 Å². The summed E-state index contributed by atoms with van der Waals surface area (Å²) in [5, 5.41) is 8.70. The van der Waals surface area contributed by atoms with E-state index in [1.807, 2.05) is 26.0 Å². The van der Waals surface area contributed by atoms with E-state index in [9.17, 15) is 4.79 Å². The minimum absolute atomic E-state index is 0.0640. The van der Waals surface area contributed by atoms with Crippen LogP contribution in [0.25, 0.3) is 11.2 Å². The number of nitrogens with one attached hydrogen (secondary N) is 1. The molecule has 0 saturated heterocycles. The Kier molecular flexibility index (Phi) is 3.08. The van der Waals surface area contributed by atoms with E-state index in [1.54, 1.807) is 0 Å². The van der Waals surface area contributed by atoms with Crippen LogP contribution in [0.3, 0.4) is 0 Å². The van der Waals surface area contributed by atoms with Crippen molar-refractivity contribution in [2.45, 2.75) is 26.7 Å². The molecule has 2 aromatic rings. The molecule has 2 aromatic heterocycles. The molecule has 0 saturated carbocycles. The highest BCUT2D eigenvalue weighted by Crippen LogP contribution is 2.14. The molecule has 90 valence electrons. The minimum atomic E-state index is -0.775. The Morgan fingerprint density at radius 2 is 2.24 bits per heavy atom. The van der Waals surface area contributed by atoms with Crippen LogP contribution < -0.4 is 0 Å². The minimum Gasteiger partial charge on any atom is -0.481 e. The van der Waals surface area contributed by atoms with Gasteiger partial charge < -0.3 is 10.1 Å². The monoisotopic (exact) mass is 233 g/mol. The van der Waals surface area contributed by atoms with Gasteiger partial charge in [0.25, 0.3) is 0 Å². The van der Waals surface area contributed by atoms with Gasteiger partial charge in [0.05, 0.1) is 5.52 Å². The number of aryl methyl sites for hydroxylation is 1. The lowest BCUT2D eigenvalue weighted by atomic mass is 10.0. The number of aromatic nitrogens is 3. The number of carboxylic acids is 1. The third kappa shape index (κ3) is 2.81. The lowest BCUT2D eigenvalue weighted by molar-refractivity contribution is -0.137. The van der Waals surface area contributed by atoms with Crippen molar-refractivity contribution in [3.05, 3.63) is 23.7 Å². The number of imidazole rings is 1. The maximum atomic E-state index is 10.6. The Labute approximate surface area is 98.9 Å². The van der Waals surface area contributed by atoms with Gasteiger partial charge in [0, 0.05) is 18.5 Å². The third-order valence-electron chi connectivity index (χ3n) is 2.60. The Bertz CT molecular complexity index is 548. The van der Waals surface area contributed by atoms with Crippen LogP contribution in [-0.4, -0.2) is 26.0 Å². The number of carboxylic acid groups (broad SMARTS) is 1. The quantitative estimate of drug-likeness (QED) is 0.845. The molecule has 2 heterocycles. The second kappa shape index (κ2) is 4.53. The van der Waals surface area contributed by atoms with Gasteiger partial charge in [0.1, 0.15) is 5.82 Å². The van der Waals surface area contributed by atoms with Crippen molar-refractivity contribution in [3.8, 4) is 0 Å². The van der Waals surface area contributed by atoms with Crippen molar-refractivity contribution in [2.75, 3.05) is 0 Å². The lowest BCUT2D eigenvalue weighted by Crippen LogP contribution is -2.07. The van der Waals surface area contributed by atoms with Crippen molar-refractivity contribution in [2.24, 2.45) is 5.92 Å². The van der Waals surface area contributed by atoms with Gasteiger partial charge in [-0.05, 0) is 25.0 Å². The molecule has 5 heteroatoms. The second-order valence-corrected chi connectivity index (χ2v) is 4.41. The first-order valence-corrected chi connectivity index (χ1v) is 5.58. The molecule has 5 nitrogen and oxygen atoms in total. The van der Waals surface area contributed by atoms with Crippen LogP contribution in [0.4, 0.5) is 0 Å². The Morgan fingerprint density at radius 3 is 2.94 bits per heavy atom. The summed E-state index contributed by atoms with van der Waals surface area (Å²) in [7, 11) is 0. The maximum absolute atomic E-state index is 10.6. The summed E-state index contributed by atoms with van der Waals surface area (Å²) in [5.74, 6) is 0.0867. The van der Waals surface area contributed by atoms with Crippen molar-refractivity contribution in [1.82, 2.24) is 15.0 Å². The second-order valence-electron chi connectivity index (χ2n) is 4.41. The van der Waals surface area contributed by atoms with E-state index in [1.165, 1.54) is 0 Å². The molecule has 0 aliphatic heterocycles. The van der Waals surface area contributed by atoms with Gasteiger partial charge in [-0.3, -0.25) is 4.79 Å². The molecule has 0 bridgehead atoms. The number of rotatable bonds is 4. The zero-order chi connectivity index (χ0) is 12.4. The Balaban J connectivity index is 2.16. The van der Waals surface area contributed by atoms with Crippen LogP contribution in [0.5, 0.6) is 0 Å². The number of aromatic amines is 1. The summed E-state index contributed by atoms with van der Waals surface area (Å²) < 4.78 is 0. The molecule has 2 N–H and O–H groups in total. The standard InChI is InChI=1S/C12H15N3O2/c1-7(6-11(16)17)5-10-14-9-4-3-8(2)13-12(9)15-10/h3-4,7H,5-6H2,1-2H3,(H,16,17)(H,13,14,15). The predicted molar refractivity (Wildman–Crippen MR) is 63.7 cm³/mol. The zero-order valence-electron chi connectivity index (χ0n) is 9.90. The van der Waals surface area contributed by atoms with Crippen molar-refractivity contribution >= 4 is 17.1 Å². The van der Waals surface area contributed by atoms with Crippen LogP contribution in [0.1, 0.15) is 24.9 Å². The van der Waals surface area contributed by atoms with Crippen LogP contribution in [0, 0.1) is 12.8 Å². The molecule has 0 aromatic carbocycles. The molecule has 2 rings (SSSR count). The summed E-state index contributed by atoms with van der Waals surface area (Å²) in [6.07, 6.45) is 0.783. The van der Waals surface area contributed by atoms with Crippen molar-refractivity contribution < 1.29 is 9.90 Å². The number of hydrogen-bond donors (Lipinski definition) is 2. The molecule has 1 unspecified atom stereocenters. The largest absolute Gasteiger partial charge is 0.481 e. The number of H-pyrrole nitrogens is 1. The predicted octanol–water partition coefficient (Wildman–Crippen LogP) is 1.92. The maximum Gasteiger partial charge on any atom is 0.303 e. The van der Waals surface area contributed by atoms with Gasteiger partial charge in [0.15, 0.2) is 5.65 Å². The van der Waals surface area contributed by atoms with E-state index >= 15 is 0 Å². The molecule has 0 aliphatic rings. The van der Waals surface area contributed by atoms with Crippen molar-refractivity contribution in [3.63, 3.8) is 0 Å². The first kappa shape index (κ1) is 11.6. The van der Waals surface area contributed by atoms with E-state index < -0.39 is 5.97 Å². The Hall–Kier alpha value is -1.91. The van der Waals surface area contributed by atoms with E-state index in [-0.39, 0.29) is 12.3 Å². The number of aliphatic carboxylic acids is 1. The SMILES string of the molecule is Cc1ccc2[nH]c(CC(C)CC(=O)O)nc2n1. The van der Waals surface area contributed by atoms with Crippen LogP contribution >= 0.6 is 0 Å². The number of hydrogen-bond acceptors (Lipinski definition) is 3. The normalized spacial score (nSPS) is 12.8. The summed E-state index contributed by atoms with van der Waals surface area (Å²) in [6, 6.07) is 3.86. The van der Waals surface area contributed by atoms with E-state index in [0.717, 1.165) is 17.0 Å². The molecule has 0 radical (unpaired) electrons. The highest BCUT2D eigenvalue weighted by Gasteiger charge is 2.11. The van der Waals surface area contributed by atoms with Crippen LogP contribution in [0.15, 0.2) is 12.1 Å². The van der Waals surface area contributed by atoms with Gasteiger partial charge in [0.2, 0.25) is 0 Å². The fourth-order valence-corrected chi connectivity index (χ4v) is 1.83. The van der Waals surface area contributed by atoms with Gasteiger partial charge in [-0.25, -0.2) is 9.97 Å². The van der Waals surface area contributed by atoms with E-state index in [0.29, 0.717) is 12.1 Å². The highest BCUT2D eigenvalue weighted by atomic mass is 16.4. The van der Waals surface area contributed by atoms with Gasteiger partial charge in [-0.2, -0.15) is 0 Å². The molecule has 0 spiro atoms. The summed E-state index contributed by atoms with van der Waals surface area (Å²) in [5.41, 5.74) is 2.52. The number of carbonyl (C=O) groups is 1. The molecule has 17 heavy (non-hydrogen) atoms. The average Bonchev–Trinajstić information content (AvgIpc) is 2.57. The number of nitrogens with zero attached hydrogens (tertiary/aromatic N) is 2. The lowest BCUT2D eigenvalue weighted by Gasteiger charge is -2.04. The average molecular weight is 233 g/mol. The summed E-state index contributed by atoms with van der Waals surface area (Å²) in [4.78, 5) is 22.4. The Morgan fingerprint density at radius 1 is 1.47 bits per heavy atom. The van der Waals surface area contributed by atoms with Crippen LogP contribution in [0.2, 0.25) is 0 Å². The topological polar surface area (TPSA) is 78.9 Å². The van der Waals surface area contributed by atoms with E-state index in [2.05, 4.69) is 15.0 Å². The van der Waals surface area contributed by atoms with Crippen LogP contribution in [-0.2, 0) is 11.2 Å². The zero-order valence-corrected chi connectivity index (χ0v) is 9.90. The number of fused-ring (bicyclic) bond motifs is 1. The van der Waals surface area contributed by atoms with Gasteiger partial charge >= 0.3 is 5.97 Å². The fraction of sp³-hybridized carbons (Fsp3) is 0.417. The number of pyridine rings is 1. The fourth-order valence-electron chi connectivity index (χ4n) is 1.83. The van der Waals surface area contributed by atoms with E-state index in [4.69, 9.17) is 5.11 Å². The molecule has 0 fully saturated rings. The molecule has 0 amide bonds. The molecular formula is C12H15N3O2. The summed E-state index contributed by atoms with van der Waals surface area (Å²) in [6.45, 7) is 3.82. The highest BCUT2D eigenvalue weighted by molar-refractivity contribution is 5.70. The first-order chi connectivity index (χ1) is 8.04. The molecule has 1 atom stereocenters. The third-order valence-corrected chi connectivity index (χ3v) is 2.60. The first-order valence-electron chi connectivity index (χ1n) is 5.58. The summed E-state index contributed by atoms with van der Waals surface area (Å²) >= 11 is 0. The molecular weight excluding hydrogens is 218 g/mol. The molecule has 0 aliphatic carbocycles.